The van der Waals surface area contributed by atoms with Crippen molar-refractivity contribution in [3.8, 4) is 0 Å². The van der Waals surface area contributed by atoms with Gasteiger partial charge in [-0.25, -0.2) is 0 Å². The van der Waals surface area contributed by atoms with Gasteiger partial charge in [0, 0.05) is 0 Å². The minimum atomic E-state index is 0.0697. The number of nitrogens with one attached hydrogen (secondary N) is 1. The van der Waals surface area contributed by atoms with E-state index in [1.54, 1.807) is 0 Å². The summed E-state index contributed by atoms with van der Waals surface area (Å²) >= 11 is 0.0697. The fourth-order valence-electron chi connectivity index (χ4n) is 2.08. The number of hydrogen-bond acceptors (Lipinski definition) is 3. The molecule has 0 fully saturated rings. The van der Waals surface area contributed by atoms with Crippen LogP contribution in [0, 0.1) is 0 Å². The molecule has 0 unspecified atom stereocenters. The van der Waals surface area contributed by atoms with E-state index >= 15 is 0 Å². The molecule has 0 saturated carbocycles. The number of anilines is 1. The van der Waals surface area contributed by atoms with Crippen molar-refractivity contribution in [3.05, 3.63) is 18.2 Å². The first-order valence-electron chi connectivity index (χ1n) is 6.87. The van der Waals surface area contributed by atoms with Crippen molar-refractivity contribution in [2.24, 2.45) is 0 Å². The summed E-state index contributed by atoms with van der Waals surface area (Å²) in [6.45, 7) is 3.30. The molecule has 1 heterocycles. The second-order valence-corrected chi connectivity index (χ2v) is 5.74. The number of fused-ring (bicyclic) bond motifs is 1. The molecule has 98 valence electrons. The quantitative estimate of drug-likeness (QED) is 0.599. The fourth-order valence-corrected chi connectivity index (χ4v) is 3.23. The summed E-state index contributed by atoms with van der Waals surface area (Å²) in [5.74, 6) is 0. The van der Waals surface area contributed by atoms with Crippen LogP contribution in [0.15, 0.2) is 18.2 Å². The second-order valence-electron chi connectivity index (χ2n) is 4.63. The third-order valence-corrected chi connectivity index (χ3v) is 4.27. The minimum absolute atomic E-state index is 0.0697. The van der Waals surface area contributed by atoms with Crippen LogP contribution in [0.3, 0.4) is 0 Å². The van der Waals surface area contributed by atoms with Crippen molar-refractivity contribution >= 4 is 31.7 Å². The Labute approximate surface area is 115 Å². The molecule has 1 N–H and O–H groups in total. The molecule has 0 amide bonds. The molecular formula is C14H21N3Se. The number of aromatic nitrogens is 2. The first-order valence-corrected chi connectivity index (χ1v) is 8.40. The van der Waals surface area contributed by atoms with Crippen molar-refractivity contribution in [1.82, 2.24) is 7.96 Å². The Morgan fingerprint density at radius 1 is 1.06 bits per heavy atom. The van der Waals surface area contributed by atoms with E-state index < -0.39 is 0 Å². The van der Waals surface area contributed by atoms with Crippen molar-refractivity contribution in [1.29, 1.82) is 0 Å². The summed E-state index contributed by atoms with van der Waals surface area (Å²) in [6.07, 6.45) is 8.02. The first kappa shape index (κ1) is 13.6. The Hall–Kier alpha value is -0.861. The zero-order valence-corrected chi connectivity index (χ0v) is 12.7. The van der Waals surface area contributed by atoms with Crippen molar-refractivity contribution in [2.75, 3.05) is 11.9 Å². The molecule has 2 rings (SSSR count). The van der Waals surface area contributed by atoms with Crippen LogP contribution in [0.1, 0.15) is 45.4 Å². The molecule has 0 radical (unpaired) electrons. The molecule has 1 aromatic heterocycles. The van der Waals surface area contributed by atoms with Gasteiger partial charge in [-0.2, -0.15) is 0 Å². The molecule has 4 heteroatoms. The van der Waals surface area contributed by atoms with E-state index in [1.165, 1.54) is 38.5 Å². The molecule has 0 spiro atoms. The zero-order valence-electron chi connectivity index (χ0n) is 11.0. The topological polar surface area (TPSA) is 37.8 Å². The average molecular weight is 310 g/mol. The van der Waals surface area contributed by atoms with Gasteiger partial charge in [-0.3, -0.25) is 0 Å². The van der Waals surface area contributed by atoms with Gasteiger partial charge >= 0.3 is 115 Å². The SMILES string of the molecule is CCCCCCCCNc1cccc2n[se]nc12. The summed E-state index contributed by atoms with van der Waals surface area (Å²) in [7, 11) is 0. The van der Waals surface area contributed by atoms with Gasteiger partial charge in [0.25, 0.3) is 0 Å². The van der Waals surface area contributed by atoms with Crippen molar-refractivity contribution in [2.45, 2.75) is 45.4 Å². The molecule has 0 aliphatic rings. The summed E-state index contributed by atoms with van der Waals surface area (Å²) in [5.41, 5.74) is 3.29. The molecule has 3 nitrogen and oxygen atoms in total. The number of unbranched alkanes of at least 4 members (excludes halogenated alkanes) is 5. The Bertz CT molecular complexity index is 467. The van der Waals surface area contributed by atoms with Gasteiger partial charge < -0.3 is 0 Å². The summed E-state index contributed by atoms with van der Waals surface area (Å²) < 4.78 is 8.87. The van der Waals surface area contributed by atoms with Crippen LogP contribution in [0.4, 0.5) is 5.69 Å². The molecule has 0 atom stereocenters. The van der Waals surface area contributed by atoms with E-state index in [1.807, 2.05) is 6.07 Å². The molecule has 0 bridgehead atoms. The zero-order chi connectivity index (χ0) is 12.6. The van der Waals surface area contributed by atoms with Gasteiger partial charge in [0.15, 0.2) is 0 Å². The predicted molar refractivity (Wildman–Crippen MR) is 78.3 cm³/mol. The van der Waals surface area contributed by atoms with E-state index in [-0.39, 0.29) is 15.0 Å². The molecule has 0 aliphatic carbocycles. The molecule has 1 aromatic carbocycles. The molecule has 0 aliphatic heterocycles. The Morgan fingerprint density at radius 3 is 2.78 bits per heavy atom. The summed E-state index contributed by atoms with van der Waals surface area (Å²) in [5, 5.41) is 3.49. The number of benzene rings is 1. The molecule has 0 saturated heterocycles. The second kappa shape index (κ2) is 7.55. The Morgan fingerprint density at radius 2 is 1.89 bits per heavy atom. The normalized spacial score (nSPS) is 10.9. The third kappa shape index (κ3) is 3.82. The Balaban J connectivity index is 1.72. The number of hydrogen-bond donors (Lipinski definition) is 1. The van der Waals surface area contributed by atoms with E-state index in [9.17, 15) is 0 Å². The van der Waals surface area contributed by atoms with Crippen LogP contribution >= 0.6 is 0 Å². The first-order chi connectivity index (χ1) is 8.92. The maximum absolute atomic E-state index is 4.47. The van der Waals surface area contributed by atoms with Crippen LogP contribution < -0.4 is 5.32 Å². The molecule has 2 aromatic rings. The van der Waals surface area contributed by atoms with Gasteiger partial charge in [0.2, 0.25) is 0 Å². The average Bonchev–Trinajstić information content (AvgIpc) is 2.86. The van der Waals surface area contributed by atoms with Crippen LogP contribution in [-0.4, -0.2) is 29.5 Å². The van der Waals surface area contributed by atoms with E-state index in [4.69, 9.17) is 0 Å². The predicted octanol–water partition coefficient (Wildman–Crippen LogP) is 3.46. The maximum atomic E-state index is 4.47. The van der Waals surface area contributed by atoms with Gasteiger partial charge in [-0.15, -0.1) is 0 Å². The fraction of sp³-hybridized carbons (Fsp3) is 0.571. The van der Waals surface area contributed by atoms with Crippen molar-refractivity contribution < 1.29 is 0 Å². The number of nitrogens with zero attached hydrogens (tertiary/aromatic N) is 2. The van der Waals surface area contributed by atoms with Crippen LogP contribution in [-0.2, 0) is 0 Å². The van der Waals surface area contributed by atoms with E-state index in [0.717, 1.165) is 23.3 Å². The Kier molecular flexibility index (Phi) is 5.69. The summed E-state index contributed by atoms with van der Waals surface area (Å²) in [4.78, 5) is 0. The van der Waals surface area contributed by atoms with Gasteiger partial charge in [-0.05, 0) is 0 Å². The van der Waals surface area contributed by atoms with Crippen LogP contribution in [0.5, 0.6) is 0 Å². The van der Waals surface area contributed by atoms with E-state index in [0.29, 0.717) is 0 Å². The third-order valence-electron chi connectivity index (χ3n) is 3.13. The number of rotatable bonds is 8. The van der Waals surface area contributed by atoms with Gasteiger partial charge in [-0.1, -0.05) is 0 Å². The molecule has 18 heavy (non-hydrogen) atoms. The van der Waals surface area contributed by atoms with E-state index in [2.05, 4.69) is 32.3 Å². The summed E-state index contributed by atoms with van der Waals surface area (Å²) in [6, 6.07) is 6.21. The standard InChI is InChI=1S/C14H21N3Se/c1-2-3-4-5-6-7-11-15-12-9-8-10-13-14(12)17-18-16-13/h8-10,15H,2-7,11H2,1H3. The van der Waals surface area contributed by atoms with Crippen molar-refractivity contribution in [3.63, 3.8) is 0 Å². The van der Waals surface area contributed by atoms with Crippen LogP contribution in [0.2, 0.25) is 0 Å². The van der Waals surface area contributed by atoms with Gasteiger partial charge in [0.05, 0.1) is 0 Å². The van der Waals surface area contributed by atoms with Gasteiger partial charge in [0.1, 0.15) is 0 Å². The monoisotopic (exact) mass is 311 g/mol. The molecular weight excluding hydrogens is 289 g/mol. The van der Waals surface area contributed by atoms with Crippen LogP contribution in [0.25, 0.3) is 11.0 Å².